The molecule has 9 heteroatoms. The van der Waals surface area contributed by atoms with Crippen LogP contribution in [0.3, 0.4) is 0 Å². The summed E-state index contributed by atoms with van der Waals surface area (Å²) >= 11 is 0. The number of hydrogen-bond acceptors (Lipinski definition) is 8. The van der Waals surface area contributed by atoms with Crippen LogP contribution in [-0.4, -0.2) is 52.7 Å². The zero-order valence-corrected chi connectivity index (χ0v) is 18.9. The van der Waals surface area contributed by atoms with E-state index in [1.54, 1.807) is 24.5 Å². The first kappa shape index (κ1) is 24.5. The molecule has 1 aromatic heterocycles. The molecule has 0 spiro atoms. The van der Waals surface area contributed by atoms with Crippen molar-refractivity contribution in [3.63, 3.8) is 0 Å². The number of nitrogens with zero attached hydrogens (tertiary/aromatic N) is 3. The summed E-state index contributed by atoms with van der Waals surface area (Å²) in [5.41, 5.74) is 1.89. The average molecular weight is 456 g/mol. The molecule has 33 heavy (non-hydrogen) atoms. The largest absolute Gasteiger partial charge is 0.494 e. The standard InChI is InChI=1S/C24H33N5O4/c30-23(21-8-5-10-25-16-21)17-27-24(19-29(31)32)26-11-6-14-33-22-9-4-7-20(15-22)18-28-12-2-1-3-13-28/h4-5,7-10,15-16,19,23,26-27,30H,1-3,6,11-14,17-18H2/b24-19+. The second kappa shape index (κ2) is 13.4. The number of hydrogen-bond donors (Lipinski definition) is 3. The number of nitro groups is 1. The van der Waals surface area contributed by atoms with E-state index in [-0.39, 0.29) is 12.4 Å². The fraction of sp³-hybridized carbons (Fsp3) is 0.458. The molecular weight excluding hydrogens is 422 g/mol. The number of likely N-dealkylation sites (tertiary alicyclic amines) is 1. The maximum Gasteiger partial charge on any atom is 0.274 e. The second-order valence-electron chi connectivity index (χ2n) is 8.12. The molecule has 1 fully saturated rings. The lowest BCUT2D eigenvalue weighted by atomic mass is 10.1. The minimum absolute atomic E-state index is 0.124. The fourth-order valence-corrected chi connectivity index (χ4v) is 3.75. The van der Waals surface area contributed by atoms with E-state index in [0.717, 1.165) is 31.6 Å². The quantitative estimate of drug-likeness (QED) is 0.240. The Morgan fingerprint density at radius 3 is 2.85 bits per heavy atom. The Morgan fingerprint density at radius 2 is 2.09 bits per heavy atom. The third kappa shape index (κ3) is 9.07. The summed E-state index contributed by atoms with van der Waals surface area (Å²) in [6.45, 7) is 4.37. The van der Waals surface area contributed by atoms with Crippen LogP contribution < -0.4 is 15.4 Å². The number of rotatable bonds is 13. The summed E-state index contributed by atoms with van der Waals surface area (Å²) in [4.78, 5) is 16.8. The van der Waals surface area contributed by atoms with Gasteiger partial charge >= 0.3 is 0 Å². The first-order valence-electron chi connectivity index (χ1n) is 11.5. The Balaban J connectivity index is 1.38. The van der Waals surface area contributed by atoms with Gasteiger partial charge < -0.3 is 20.5 Å². The highest BCUT2D eigenvalue weighted by molar-refractivity contribution is 5.28. The van der Waals surface area contributed by atoms with Crippen molar-refractivity contribution in [1.29, 1.82) is 0 Å². The van der Waals surface area contributed by atoms with Crippen LogP contribution in [0.1, 0.15) is 42.9 Å². The SMILES string of the molecule is O=[N+]([O-])/C=C(\NCCCOc1cccc(CN2CCCCC2)c1)NCC(O)c1cccnc1. The molecule has 1 aromatic carbocycles. The van der Waals surface area contributed by atoms with E-state index in [1.807, 2.05) is 12.1 Å². The zero-order valence-electron chi connectivity index (χ0n) is 18.9. The molecule has 1 unspecified atom stereocenters. The number of aromatic nitrogens is 1. The molecule has 9 nitrogen and oxygen atoms in total. The lowest BCUT2D eigenvalue weighted by Gasteiger charge is -2.26. The molecule has 1 aliphatic rings. The molecule has 2 aromatic rings. The van der Waals surface area contributed by atoms with Crippen LogP contribution in [0.4, 0.5) is 0 Å². The maximum atomic E-state index is 10.9. The van der Waals surface area contributed by atoms with Crippen LogP contribution in [0.15, 0.2) is 60.8 Å². The first-order valence-corrected chi connectivity index (χ1v) is 11.5. The molecule has 0 radical (unpaired) electrons. The van der Waals surface area contributed by atoms with Gasteiger partial charge in [0.05, 0.1) is 17.6 Å². The van der Waals surface area contributed by atoms with Crippen LogP contribution in [0.25, 0.3) is 0 Å². The molecule has 0 saturated carbocycles. The molecular formula is C24H33N5O4. The third-order valence-corrected chi connectivity index (χ3v) is 5.45. The van der Waals surface area contributed by atoms with Gasteiger partial charge in [0.1, 0.15) is 5.75 Å². The van der Waals surface area contributed by atoms with Gasteiger partial charge in [0.25, 0.3) is 6.20 Å². The van der Waals surface area contributed by atoms with Crippen LogP contribution >= 0.6 is 0 Å². The van der Waals surface area contributed by atoms with Gasteiger partial charge in [-0.25, -0.2) is 0 Å². The van der Waals surface area contributed by atoms with Crippen molar-refractivity contribution in [2.24, 2.45) is 0 Å². The Labute approximate surface area is 194 Å². The summed E-state index contributed by atoms with van der Waals surface area (Å²) in [5, 5.41) is 27.0. The van der Waals surface area contributed by atoms with Gasteiger partial charge in [-0.3, -0.25) is 20.0 Å². The van der Waals surface area contributed by atoms with Crippen molar-refractivity contribution in [2.45, 2.75) is 38.3 Å². The van der Waals surface area contributed by atoms with Gasteiger partial charge in [0, 0.05) is 37.6 Å². The fourth-order valence-electron chi connectivity index (χ4n) is 3.75. The van der Waals surface area contributed by atoms with Gasteiger partial charge in [-0.2, -0.15) is 0 Å². The Bertz CT molecular complexity index is 887. The second-order valence-corrected chi connectivity index (χ2v) is 8.12. The van der Waals surface area contributed by atoms with Gasteiger partial charge in [-0.1, -0.05) is 24.6 Å². The molecule has 0 amide bonds. The van der Waals surface area contributed by atoms with Crippen molar-refractivity contribution in [3.05, 3.63) is 82.1 Å². The molecule has 1 atom stereocenters. The van der Waals surface area contributed by atoms with Crippen LogP contribution in [0.5, 0.6) is 5.75 Å². The normalized spacial score (nSPS) is 15.6. The number of benzene rings is 1. The Hall–Kier alpha value is -3.17. The van der Waals surface area contributed by atoms with Gasteiger partial charge in [-0.15, -0.1) is 0 Å². The maximum absolute atomic E-state index is 10.9. The number of piperidine rings is 1. The predicted molar refractivity (Wildman–Crippen MR) is 126 cm³/mol. The number of nitrogens with one attached hydrogen (secondary N) is 2. The van der Waals surface area contributed by atoms with Crippen molar-refractivity contribution < 1.29 is 14.8 Å². The van der Waals surface area contributed by atoms with E-state index < -0.39 is 11.0 Å². The highest BCUT2D eigenvalue weighted by Gasteiger charge is 2.11. The number of aliphatic hydroxyl groups is 1. The monoisotopic (exact) mass is 455 g/mol. The number of pyridine rings is 1. The Morgan fingerprint density at radius 1 is 1.24 bits per heavy atom. The molecule has 0 bridgehead atoms. The molecule has 2 heterocycles. The van der Waals surface area contributed by atoms with Crippen molar-refractivity contribution in [2.75, 3.05) is 32.8 Å². The van der Waals surface area contributed by atoms with Crippen molar-refractivity contribution in [3.8, 4) is 5.75 Å². The molecule has 1 aliphatic heterocycles. The highest BCUT2D eigenvalue weighted by Crippen LogP contribution is 2.17. The summed E-state index contributed by atoms with van der Waals surface area (Å²) in [5.74, 6) is 1.08. The first-order chi connectivity index (χ1) is 16.1. The lowest BCUT2D eigenvalue weighted by molar-refractivity contribution is -0.404. The zero-order chi connectivity index (χ0) is 23.3. The Kier molecular flexibility index (Phi) is 9.93. The van der Waals surface area contributed by atoms with Gasteiger partial charge in [-0.05, 0) is 56.1 Å². The van der Waals surface area contributed by atoms with Crippen LogP contribution in [-0.2, 0) is 6.54 Å². The summed E-state index contributed by atoms with van der Waals surface area (Å²) in [6.07, 6.45) is 7.76. The van der Waals surface area contributed by atoms with E-state index >= 15 is 0 Å². The molecule has 0 aliphatic carbocycles. The molecule has 3 N–H and O–H groups in total. The minimum atomic E-state index is -0.823. The van der Waals surface area contributed by atoms with E-state index in [9.17, 15) is 15.2 Å². The molecule has 1 saturated heterocycles. The average Bonchev–Trinajstić information content (AvgIpc) is 2.83. The van der Waals surface area contributed by atoms with Gasteiger partial charge in [0.15, 0.2) is 5.82 Å². The molecule has 3 rings (SSSR count). The van der Waals surface area contributed by atoms with E-state index in [2.05, 4.69) is 32.7 Å². The van der Waals surface area contributed by atoms with Gasteiger partial charge in [0.2, 0.25) is 0 Å². The van der Waals surface area contributed by atoms with Crippen LogP contribution in [0.2, 0.25) is 0 Å². The minimum Gasteiger partial charge on any atom is -0.494 e. The summed E-state index contributed by atoms with van der Waals surface area (Å²) in [7, 11) is 0. The van der Waals surface area contributed by atoms with E-state index in [4.69, 9.17) is 4.74 Å². The highest BCUT2D eigenvalue weighted by atomic mass is 16.6. The van der Waals surface area contributed by atoms with Crippen LogP contribution in [0, 0.1) is 10.1 Å². The van der Waals surface area contributed by atoms with E-state index in [0.29, 0.717) is 25.1 Å². The lowest BCUT2D eigenvalue weighted by Crippen LogP contribution is -2.31. The van der Waals surface area contributed by atoms with Crippen molar-refractivity contribution >= 4 is 0 Å². The number of aliphatic hydroxyl groups excluding tert-OH is 1. The predicted octanol–water partition coefficient (Wildman–Crippen LogP) is 2.82. The molecule has 178 valence electrons. The van der Waals surface area contributed by atoms with E-state index in [1.165, 1.54) is 24.8 Å². The summed E-state index contributed by atoms with van der Waals surface area (Å²) < 4.78 is 5.88. The number of ether oxygens (including phenoxy) is 1. The topological polar surface area (TPSA) is 113 Å². The summed E-state index contributed by atoms with van der Waals surface area (Å²) in [6, 6.07) is 11.7. The third-order valence-electron chi connectivity index (χ3n) is 5.45. The van der Waals surface area contributed by atoms with Crippen molar-refractivity contribution in [1.82, 2.24) is 20.5 Å². The smallest absolute Gasteiger partial charge is 0.274 e.